The number of anilines is 1. The van der Waals surface area contributed by atoms with Gasteiger partial charge in [-0.15, -0.1) is 5.10 Å². The zero-order chi connectivity index (χ0) is 13.9. The second-order valence-corrected chi connectivity index (χ2v) is 5.73. The fourth-order valence-corrected chi connectivity index (χ4v) is 2.38. The van der Waals surface area contributed by atoms with E-state index in [2.05, 4.69) is 29.4 Å². The lowest BCUT2D eigenvalue weighted by atomic mass is 9.94. The van der Waals surface area contributed by atoms with Crippen LogP contribution in [0.3, 0.4) is 0 Å². The van der Waals surface area contributed by atoms with E-state index in [0.717, 1.165) is 23.0 Å². The summed E-state index contributed by atoms with van der Waals surface area (Å²) in [6.07, 6.45) is 2.49. The molecule has 2 aromatic rings. The molecule has 0 aliphatic rings. The Morgan fingerprint density at radius 1 is 1.32 bits per heavy atom. The monoisotopic (exact) mass is 259 g/mol. The van der Waals surface area contributed by atoms with Gasteiger partial charge in [0.2, 0.25) is 0 Å². The van der Waals surface area contributed by atoms with Crippen LogP contribution in [-0.2, 0) is 0 Å². The van der Waals surface area contributed by atoms with Crippen molar-refractivity contribution in [1.82, 2.24) is 10.2 Å². The summed E-state index contributed by atoms with van der Waals surface area (Å²) in [6, 6.07) is 7.95. The molecular weight excluding hydrogens is 238 g/mol. The largest absolute Gasteiger partial charge is 0.388 e. The minimum atomic E-state index is -0.743. The molecule has 1 aromatic carbocycles. The summed E-state index contributed by atoms with van der Waals surface area (Å²) >= 11 is 0. The second kappa shape index (κ2) is 5.53. The average molecular weight is 259 g/mol. The van der Waals surface area contributed by atoms with Gasteiger partial charge in [-0.2, -0.15) is 5.10 Å². The molecule has 0 aliphatic carbocycles. The maximum absolute atomic E-state index is 10.3. The predicted octanol–water partition coefficient (Wildman–Crippen LogP) is 2.84. The Morgan fingerprint density at radius 2 is 2.05 bits per heavy atom. The van der Waals surface area contributed by atoms with Gasteiger partial charge in [-0.1, -0.05) is 38.1 Å². The van der Waals surface area contributed by atoms with Crippen LogP contribution < -0.4 is 5.32 Å². The highest BCUT2D eigenvalue weighted by molar-refractivity contribution is 5.90. The van der Waals surface area contributed by atoms with Crippen LogP contribution in [-0.4, -0.2) is 27.4 Å². The van der Waals surface area contributed by atoms with Gasteiger partial charge in [0.05, 0.1) is 11.8 Å². The maximum Gasteiger partial charge on any atom is 0.156 e. The molecule has 0 aliphatic heterocycles. The van der Waals surface area contributed by atoms with Gasteiger partial charge in [0, 0.05) is 17.3 Å². The Balaban J connectivity index is 2.14. The second-order valence-electron chi connectivity index (χ2n) is 5.73. The van der Waals surface area contributed by atoms with E-state index in [1.165, 1.54) is 0 Å². The number of rotatable bonds is 5. The number of fused-ring (bicyclic) bond motifs is 1. The summed E-state index contributed by atoms with van der Waals surface area (Å²) < 4.78 is 0. The first kappa shape index (κ1) is 13.7. The molecule has 102 valence electrons. The third-order valence-electron chi connectivity index (χ3n) is 3.06. The molecule has 0 saturated heterocycles. The Morgan fingerprint density at radius 3 is 2.79 bits per heavy atom. The van der Waals surface area contributed by atoms with Crippen molar-refractivity contribution in [3.63, 3.8) is 0 Å². The molecule has 0 fully saturated rings. The average Bonchev–Trinajstić information content (AvgIpc) is 2.35. The molecule has 0 radical (unpaired) electrons. The minimum Gasteiger partial charge on any atom is -0.388 e. The van der Waals surface area contributed by atoms with E-state index >= 15 is 0 Å². The molecule has 4 nitrogen and oxygen atoms in total. The summed E-state index contributed by atoms with van der Waals surface area (Å²) in [7, 11) is 0. The van der Waals surface area contributed by atoms with Crippen molar-refractivity contribution in [1.29, 1.82) is 0 Å². The summed E-state index contributed by atoms with van der Waals surface area (Å²) in [5.74, 6) is 1.18. The zero-order valence-corrected chi connectivity index (χ0v) is 11.7. The van der Waals surface area contributed by atoms with Crippen LogP contribution >= 0.6 is 0 Å². The van der Waals surface area contributed by atoms with Crippen molar-refractivity contribution in [2.45, 2.75) is 32.8 Å². The SMILES string of the molecule is CC(C)CC(C)(O)CNc1nncc2ccccc12. The first-order valence-electron chi connectivity index (χ1n) is 6.65. The first-order chi connectivity index (χ1) is 8.98. The van der Waals surface area contributed by atoms with E-state index in [9.17, 15) is 5.11 Å². The van der Waals surface area contributed by atoms with Gasteiger partial charge in [-0.3, -0.25) is 0 Å². The molecule has 1 unspecified atom stereocenters. The van der Waals surface area contributed by atoms with Gasteiger partial charge in [0.1, 0.15) is 0 Å². The normalized spacial score (nSPS) is 14.6. The standard InChI is InChI=1S/C15H21N3O/c1-11(2)8-15(3,19)10-16-14-13-7-5-4-6-12(13)9-17-18-14/h4-7,9,11,19H,8,10H2,1-3H3,(H,16,18). The van der Waals surface area contributed by atoms with E-state index in [1.54, 1.807) is 6.20 Å². The minimum absolute atomic E-state index is 0.454. The van der Waals surface area contributed by atoms with Crippen molar-refractivity contribution in [2.75, 3.05) is 11.9 Å². The molecule has 2 N–H and O–H groups in total. The van der Waals surface area contributed by atoms with Crippen LogP contribution in [0, 0.1) is 5.92 Å². The molecule has 0 amide bonds. The van der Waals surface area contributed by atoms with Gasteiger partial charge < -0.3 is 10.4 Å². The molecule has 19 heavy (non-hydrogen) atoms. The van der Waals surface area contributed by atoms with Gasteiger partial charge >= 0.3 is 0 Å². The highest BCUT2D eigenvalue weighted by Gasteiger charge is 2.22. The summed E-state index contributed by atoms with van der Waals surface area (Å²) in [4.78, 5) is 0. The van der Waals surface area contributed by atoms with Crippen molar-refractivity contribution in [2.24, 2.45) is 5.92 Å². The van der Waals surface area contributed by atoms with E-state index in [4.69, 9.17) is 0 Å². The molecule has 2 rings (SSSR count). The van der Waals surface area contributed by atoms with Gasteiger partial charge in [-0.05, 0) is 19.3 Å². The lowest BCUT2D eigenvalue weighted by molar-refractivity contribution is 0.0515. The number of aliphatic hydroxyl groups is 1. The van der Waals surface area contributed by atoms with E-state index < -0.39 is 5.60 Å². The number of nitrogens with one attached hydrogen (secondary N) is 1. The van der Waals surface area contributed by atoms with E-state index in [-0.39, 0.29) is 0 Å². The highest BCUT2D eigenvalue weighted by atomic mass is 16.3. The molecule has 0 spiro atoms. The quantitative estimate of drug-likeness (QED) is 0.867. The molecule has 0 bridgehead atoms. The number of nitrogens with zero attached hydrogens (tertiary/aromatic N) is 2. The highest BCUT2D eigenvalue weighted by Crippen LogP contribution is 2.21. The molecule has 0 saturated carbocycles. The Hall–Kier alpha value is -1.68. The van der Waals surface area contributed by atoms with E-state index in [0.29, 0.717) is 12.5 Å². The van der Waals surface area contributed by atoms with Crippen LogP contribution in [0.4, 0.5) is 5.82 Å². The van der Waals surface area contributed by atoms with Crippen LogP contribution in [0.25, 0.3) is 10.8 Å². The van der Waals surface area contributed by atoms with Gasteiger partial charge in [-0.25, -0.2) is 0 Å². The molecular formula is C15H21N3O. The van der Waals surface area contributed by atoms with Gasteiger partial charge in [0.25, 0.3) is 0 Å². The molecule has 1 aromatic heterocycles. The predicted molar refractivity (Wildman–Crippen MR) is 78.1 cm³/mol. The van der Waals surface area contributed by atoms with E-state index in [1.807, 2.05) is 31.2 Å². The van der Waals surface area contributed by atoms with Crippen LogP contribution in [0.5, 0.6) is 0 Å². The maximum atomic E-state index is 10.3. The van der Waals surface area contributed by atoms with Crippen molar-refractivity contribution in [3.8, 4) is 0 Å². The number of aromatic nitrogens is 2. The lowest BCUT2D eigenvalue weighted by Crippen LogP contribution is -2.35. The summed E-state index contributed by atoms with van der Waals surface area (Å²) in [6.45, 7) is 6.52. The van der Waals surface area contributed by atoms with Crippen molar-refractivity contribution < 1.29 is 5.11 Å². The van der Waals surface area contributed by atoms with Crippen LogP contribution in [0.2, 0.25) is 0 Å². The summed E-state index contributed by atoms with van der Waals surface area (Å²) in [5.41, 5.74) is -0.743. The number of benzene rings is 1. The topological polar surface area (TPSA) is 58.0 Å². The number of hydrogen-bond donors (Lipinski definition) is 2. The Kier molecular flexibility index (Phi) is 4.00. The van der Waals surface area contributed by atoms with Crippen molar-refractivity contribution >= 4 is 16.6 Å². The fraction of sp³-hybridized carbons (Fsp3) is 0.467. The van der Waals surface area contributed by atoms with Crippen LogP contribution in [0.15, 0.2) is 30.5 Å². The fourth-order valence-electron chi connectivity index (χ4n) is 2.38. The zero-order valence-electron chi connectivity index (χ0n) is 11.7. The molecule has 1 atom stereocenters. The molecule has 1 heterocycles. The molecule has 4 heteroatoms. The van der Waals surface area contributed by atoms with Gasteiger partial charge in [0.15, 0.2) is 5.82 Å². The summed E-state index contributed by atoms with van der Waals surface area (Å²) in [5, 5.41) is 23.7. The Bertz CT molecular complexity index is 547. The lowest BCUT2D eigenvalue weighted by Gasteiger charge is -2.25. The first-order valence-corrected chi connectivity index (χ1v) is 6.65. The number of hydrogen-bond acceptors (Lipinski definition) is 4. The third kappa shape index (κ3) is 3.64. The van der Waals surface area contributed by atoms with Crippen molar-refractivity contribution in [3.05, 3.63) is 30.5 Å². The smallest absolute Gasteiger partial charge is 0.156 e. The van der Waals surface area contributed by atoms with Crippen LogP contribution in [0.1, 0.15) is 27.2 Å². The third-order valence-corrected chi connectivity index (χ3v) is 3.06. The Labute approximate surface area is 113 Å².